The molecule has 0 bridgehead atoms. The maximum Gasteiger partial charge on any atom is 0.323 e. The van der Waals surface area contributed by atoms with E-state index in [1.54, 1.807) is 36.7 Å². The van der Waals surface area contributed by atoms with E-state index in [-0.39, 0.29) is 22.4 Å². The Morgan fingerprint density at radius 1 is 0.941 bits per heavy atom. The van der Waals surface area contributed by atoms with Crippen LogP contribution in [0.5, 0.6) is 0 Å². The number of aromatic amines is 1. The maximum absolute atomic E-state index is 15.6. The molecule has 174 valence electrons. The number of aromatic nitrogens is 3. The lowest BCUT2D eigenvalue weighted by Gasteiger charge is -2.14. The van der Waals surface area contributed by atoms with Crippen LogP contribution in [0.3, 0.4) is 0 Å². The highest BCUT2D eigenvalue weighted by molar-refractivity contribution is 6.00. The van der Waals surface area contributed by atoms with Gasteiger partial charge in [0.1, 0.15) is 17.5 Å². The molecule has 0 fully saturated rings. The van der Waals surface area contributed by atoms with Gasteiger partial charge in [-0.1, -0.05) is 26.8 Å². The van der Waals surface area contributed by atoms with Gasteiger partial charge in [0.15, 0.2) is 5.82 Å². The lowest BCUT2D eigenvalue weighted by Crippen LogP contribution is -2.21. The number of hydrogen-bond donors (Lipinski definition) is 3. The Hall–Kier alpha value is -4.14. The number of carbonyl (C=O) groups excluding carboxylic acids is 1. The van der Waals surface area contributed by atoms with E-state index in [1.807, 2.05) is 20.8 Å². The molecule has 0 aliphatic carbocycles. The van der Waals surface area contributed by atoms with Crippen molar-refractivity contribution in [1.29, 1.82) is 0 Å². The molecule has 0 saturated heterocycles. The highest BCUT2D eigenvalue weighted by Gasteiger charge is 2.25. The van der Waals surface area contributed by atoms with Gasteiger partial charge >= 0.3 is 6.03 Å². The molecule has 6 nitrogen and oxygen atoms in total. The second kappa shape index (κ2) is 9.01. The van der Waals surface area contributed by atoms with E-state index in [0.29, 0.717) is 23.3 Å². The van der Waals surface area contributed by atoms with Gasteiger partial charge in [-0.05, 0) is 36.4 Å². The van der Waals surface area contributed by atoms with Crippen molar-refractivity contribution < 1.29 is 18.0 Å². The quantitative estimate of drug-likeness (QED) is 0.322. The van der Waals surface area contributed by atoms with E-state index in [1.165, 1.54) is 6.07 Å². The minimum absolute atomic E-state index is 0.126. The van der Waals surface area contributed by atoms with Gasteiger partial charge in [-0.2, -0.15) is 0 Å². The molecule has 0 aliphatic heterocycles. The number of nitrogens with zero attached hydrogens (tertiary/aromatic N) is 2. The van der Waals surface area contributed by atoms with Crippen LogP contribution in [-0.4, -0.2) is 21.0 Å². The lowest BCUT2D eigenvalue weighted by atomic mass is 9.96. The summed E-state index contributed by atoms with van der Waals surface area (Å²) in [6, 6.07) is 9.93. The van der Waals surface area contributed by atoms with Crippen molar-refractivity contribution in [1.82, 2.24) is 15.0 Å². The molecule has 0 atom stereocenters. The van der Waals surface area contributed by atoms with Gasteiger partial charge in [0.05, 0.1) is 22.8 Å². The van der Waals surface area contributed by atoms with Crippen LogP contribution in [-0.2, 0) is 5.41 Å². The molecule has 4 aromatic rings. The topological polar surface area (TPSA) is 82.7 Å². The molecule has 3 N–H and O–H groups in total. The zero-order valence-corrected chi connectivity index (χ0v) is 18.7. The first kappa shape index (κ1) is 23.0. The van der Waals surface area contributed by atoms with Gasteiger partial charge in [-0.3, -0.25) is 4.98 Å². The number of carbonyl (C=O) groups is 1. The molecule has 0 radical (unpaired) electrons. The predicted molar refractivity (Wildman–Crippen MR) is 125 cm³/mol. The molecular weight excluding hydrogens is 443 g/mol. The molecule has 0 saturated carbocycles. The van der Waals surface area contributed by atoms with E-state index < -0.39 is 23.5 Å². The molecule has 0 spiro atoms. The van der Waals surface area contributed by atoms with Crippen LogP contribution in [0.1, 0.15) is 26.6 Å². The minimum Gasteiger partial charge on any atom is -0.341 e. The third-order valence-corrected chi connectivity index (χ3v) is 5.06. The number of anilines is 2. The first-order valence-electron chi connectivity index (χ1n) is 10.5. The fourth-order valence-electron chi connectivity index (χ4n) is 3.33. The smallest absolute Gasteiger partial charge is 0.323 e. The number of imidazole rings is 1. The summed E-state index contributed by atoms with van der Waals surface area (Å²) in [7, 11) is 0. The van der Waals surface area contributed by atoms with Crippen molar-refractivity contribution in [3.8, 4) is 22.5 Å². The molecular formula is C25H22F3N5O. The Morgan fingerprint density at radius 3 is 2.32 bits per heavy atom. The van der Waals surface area contributed by atoms with E-state index in [4.69, 9.17) is 0 Å². The van der Waals surface area contributed by atoms with Crippen molar-refractivity contribution in [2.75, 3.05) is 10.6 Å². The number of pyridine rings is 1. The summed E-state index contributed by atoms with van der Waals surface area (Å²) in [4.78, 5) is 24.4. The number of hydrogen-bond acceptors (Lipinski definition) is 3. The Kier molecular flexibility index (Phi) is 6.10. The molecule has 2 aromatic heterocycles. The zero-order valence-electron chi connectivity index (χ0n) is 18.7. The lowest BCUT2D eigenvalue weighted by molar-refractivity contribution is 0.262. The molecule has 9 heteroatoms. The second-order valence-electron chi connectivity index (χ2n) is 8.67. The van der Waals surface area contributed by atoms with Crippen LogP contribution in [0.25, 0.3) is 22.5 Å². The number of urea groups is 1. The van der Waals surface area contributed by atoms with Gasteiger partial charge in [0, 0.05) is 35.0 Å². The number of nitrogens with one attached hydrogen (secondary N) is 3. The Bertz CT molecular complexity index is 1350. The molecule has 34 heavy (non-hydrogen) atoms. The molecule has 0 unspecified atom stereocenters. The van der Waals surface area contributed by atoms with Crippen LogP contribution in [0, 0.1) is 17.5 Å². The van der Waals surface area contributed by atoms with Crippen molar-refractivity contribution in [3.63, 3.8) is 0 Å². The SMILES string of the molecule is CC(C)(C)c1nc(-c2cccc(NC(=O)Nc3ccc(F)cc3F)c2F)c(-c2ccncc2)[nH]1. The van der Waals surface area contributed by atoms with Crippen LogP contribution >= 0.6 is 0 Å². The standard InChI is InChI=1S/C25H22F3N5O/c1-25(2,3)23-32-21(14-9-11-29-12-10-14)22(33-23)16-5-4-6-19(20(16)28)31-24(34)30-18-8-7-15(26)13-17(18)27/h4-13H,1-3H3,(H,32,33)(H2,30,31,34). The highest BCUT2D eigenvalue weighted by atomic mass is 19.1. The fraction of sp³-hybridized carbons (Fsp3) is 0.160. The molecule has 2 aromatic carbocycles. The molecule has 0 aliphatic rings. The minimum atomic E-state index is -0.947. The van der Waals surface area contributed by atoms with E-state index in [9.17, 15) is 13.6 Å². The zero-order chi connectivity index (χ0) is 24.5. The van der Waals surface area contributed by atoms with E-state index in [0.717, 1.165) is 17.7 Å². The van der Waals surface area contributed by atoms with Gasteiger partial charge < -0.3 is 15.6 Å². The van der Waals surface area contributed by atoms with Crippen LogP contribution in [0.2, 0.25) is 0 Å². The highest BCUT2D eigenvalue weighted by Crippen LogP contribution is 2.36. The molecule has 2 heterocycles. The number of amides is 2. The van der Waals surface area contributed by atoms with Crippen LogP contribution < -0.4 is 10.6 Å². The normalized spacial score (nSPS) is 11.4. The summed E-state index contributed by atoms with van der Waals surface area (Å²) in [6.07, 6.45) is 3.26. The second-order valence-corrected chi connectivity index (χ2v) is 8.67. The first-order valence-corrected chi connectivity index (χ1v) is 10.5. The predicted octanol–water partition coefficient (Wildman–Crippen LogP) is 6.50. The Balaban J connectivity index is 1.69. The number of rotatable bonds is 4. The summed E-state index contributed by atoms with van der Waals surface area (Å²) in [6.45, 7) is 5.96. The summed E-state index contributed by atoms with van der Waals surface area (Å²) < 4.78 is 42.5. The van der Waals surface area contributed by atoms with Crippen LogP contribution in [0.4, 0.5) is 29.3 Å². The monoisotopic (exact) mass is 465 g/mol. The third kappa shape index (κ3) is 4.78. The number of halogens is 3. The average Bonchev–Trinajstić information content (AvgIpc) is 3.24. The van der Waals surface area contributed by atoms with Gasteiger partial charge in [-0.15, -0.1) is 0 Å². The third-order valence-electron chi connectivity index (χ3n) is 5.06. The van der Waals surface area contributed by atoms with Gasteiger partial charge in [-0.25, -0.2) is 22.9 Å². The summed E-state index contributed by atoms with van der Waals surface area (Å²) in [5.41, 5.74) is 1.24. The molecule has 2 amide bonds. The summed E-state index contributed by atoms with van der Waals surface area (Å²) in [5.74, 6) is -1.77. The van der Waals surface area contributed by atoms with Gasteiger partial charge in [0.25, 0.3) is 0 Å². The van der Waals surface area contributed by atoms with Crippen molar-refractivity contribution in [3.05, 3.63) is 84.2 Å². The number of H-pyrrole nitrogens is 1. The van der Waals surface area contributed by atoms with Crippen molar-refractivity contribution >= 4 is 17.4 Å². The van der Waals surface area contributed by atoms with Gasteiger partial charge in [0.2, 0.25) is 0 Å². The fourth-order valence-corrected chi connectivity index (χ4v) is 3.33. The van der Waals surface area contributed by atoms with Crippen molar-refractivity contribution in [2.24, 2.45) is 0 Å². The first-order chi connectivity index (χ1) is 16.1. The van der Waals surface area contributed by atoms with Crippen molar-refractivity contribution in [2.45, 2.75) is 26.2 Å². The Labute approximate surface area is 194 Å². The van der Waals surface area contributed by atoms with E-state index >= 15 is 4.39 Å². The van der Waals surface area contributed by atoms with E-state index in [2.05, 4.69) is 25.6 Å². The molecule has 4 rings (SSSR count). The van der Waals surface area contributed by atoms with Crippen LogP contribution in [0.15, 0.2) is 60.9 Å². The largest absolute Gasteiger partial charge is 0.341 e. The Morgan fingerprint density at radius 2 is 1.65 bits per heavy atom. The summed E-state index contributed by atoms with van der Waals surface area (Å²) >= 11 is 0. The summed E-state index contributed by atoms with van der Waals surface area (Å²) in [5, 5.41) is 4.62. The number of benzene rings is 2. The maximum atomic E-state index is 15.6. The average molecular weight is 465 g/mol.